The number of hydrogen-bond donors (Lipinski definition) is 0. The van der Waals surface area contributed by atoms with Crippen LogP contribution in [0.25, 0.3) is 10.8 Å². The van der Waals surface area contributed by atoms with Gasteiger partial charge in [0.05, 0.1) is 47.2 Å². The Labute approximate surface area is 587 Å². The molecule has 3 aromatic rings. The molecule has 7 rings (SSSR count). The fourth-order valence-corrected chi connectivity index (χ4v) is 13.3. The van der Waals surface area contributed by atoms with E-state index < -0.39 is 80.4 Å². The Hall–Kier alpha value is -1.57. The van der Waals surface area contributed by atoms with E-state index in [-0.39, 0.29) is 187 Å². The molecule has 0 spiro atoms. The smallest absolute Gasteiger partial charge is 0.862 e. The fourth-order valence-electron chi connectivity index (χ4n) is 11.0. The number of allylic oxidation sites excluding steroid dienone is 8. The first-order chi connectivity index (χ1) is 37.4. The van der Waals surface area contributed by atoms with Crippen molar-refractivity contribution < 1.29 is 189 Å². The van der Waals surface area contributed by atoms with E-state index in [2.05, 4.69) is 23.4 Å². The average molecular weight is 1290 g/mol. The first-order valence-corrected chi connectivity index (χ1v) is 32.8. The molecule has 0 unspecified atom stereocenters. The minimum Gasteiger partial charge on any atom is -0.862 e. The topological polar surface area (TPSA) is 311 Å². The fraction of sp³-hybridized carbons (Fsp3) is 0.455. The Balaban J connectivity index is 0.00000462. The first kappa shape index (κ1) is 76.7. The molecule has 0 N–H and O–H groups in total. The Morgan fingerprint density at radius 1 is 0.702 bits per heavy atom. The van der Waals surface area contributed by atoms with Crippen LogP contribution in [0.1, 0.15) is 103 Å². The van der Waals surface area contributed by atoms with Gasteiger partial charge in [0.2, 0.25) is 5.69 Å². The van der Waals surface area contributed by atoms with Crippen LogP contribution in [-0.2, 0) is 60.9 Å². The van der Waals surface area contributed by atoms with Crippen molar-refractivity contribution in [1.82, 2.24) is 4.90 Å². The van der Waals surface area contributed by atoms with Crippen LogP contribution in [0.2, 0.25) is 0 Å². The van der Waals surface area contributed by atoms with Crippen LogP contribution in [0.15, 0.2) is 117 Å². The standard InChI is InChI=1S/C55H68ClN5O15S4.4Na/c1-54(2)44-37-41(58(28-9-33-77(65,66)67)29-10-34-78(68,69)70)18-22-45(44)59(31-11-35-79(71,72)73)47(54)23-16-38-12-8-13-39(53(38)56)17-24-48-55(3,4)52-43-20-19-42(80(74,75)76)36-40(43)15-21-46(52)60(48)30-7-5-6-14-49(62)57-27-32-61-50(63)25-26-51(61)64;;;;/h15-26,36-37H,5-14,27-35H2,1-4H3,(H4-,57,62,65,66,67,68,69,70,71,72,73,74,75,76);;;;/q;4*+1/p-4. The van der Waals surface area contributed by atoms with Gasteiger partial charge in [-0.1, -0.05) is 43.7 Å². The molecule has 3 aliphatic heterocycles. The van der Waals surface area contributed by atoms with Crippen molar-refractivity contribution >= 4 is 103 Å². The number of unbranched alkanes of at least 4 members (excludes halogenated alkanes) is 2. The summed E-state index contributed by atoms with van der Waals surface area (Å²) in [5.41, 5.74) is 5.83. The molecule has 3 heterocycles. The number of nitrogens with zero attached hydrogens (tertiary/aromatic N) is 5. The van der Waals surface area contributed by atoms with Crippen molar-refractivity contribution in [2.45, 2.75) is 108 Å². The van der Waals surface area contributed by atoms with Gasteiger partial charge in [-0.15, -0.1) is 0 Å². The van der Waals surface area contributed by atoms with Crippen molar-refractivity contribution in [2.24, 2.45) is 4.99 Å². The van der Waals surface area contributed by atoms with Crippen LogP contribution in [0.5, 0.6) is 0 Å². The van der Waals surface area contributed by atoms with Crippen molar-refractivity contribution in [1.29, 1.82) is 0 Å². The summed E-state index contributed by atoms with van der Waals surface area (Å²) >= 11 is 7.32. The third-order valence-electron chi connectivity index (χ3n) is 14.9. The van der Waals surface area contributed by atoms with Crippen molar-refractivity contribution in [2.75, 3.05) is 66.3 Å². The van der Waals surface area contributed by atoms with Crippen LogP contribution in [0.3, 0.4) is 0 Å². The molecule has 0 aromatic heterocycles. The molecule has 0 saturated heterocycles. The molecule has 434 valence electrons. The summed E-state index contributed by atoms with van der Waals surface area (Å²) < 4.78 is 143. The van der Waals surface area contributed by atoms with E-state index in [0.717, 1.165) is 56.1 Å². The van der Waals surface area contributed by atoms with E-state index in [1.165, 1.54) is 24.3 Å². The molecule has 1 aliphatic carbocycles. The number of aliphatic imine (C=N–C) groups is 1. The molecular formula is C55H64ClN5Na4O15S4. The molecule has 0 bridgehead atoms. The quantitative estimate of drug-likeness (QED) is 0.0137. The number of rotatable bonds is 26. The Kier molecular flexibility index (Phi) is 29.2. The normalized spacial score (nSPS) is 17.9. The van der Waals surface area contributed by atoms with E-state index in [1.54, 1.807) is 29.2 Å². The third-order valence-corrected chi connectivity index (χ3v) is 18.6. The third kappa shape index (κ3) is 20.0. The molecule has 29 heteroatoms. The number of amides is 2. The van der Waals surface area contributed by atoms with Gasteiger partial charge in [-0.2, -0.15) is 4.58 Å². The minimum atomic E-state index is -4.73. The SMILES string of the molecule is CC1(C)C(/C=C/C2=C(Cl)C(=C/C=C3/N(CCCS(=O)(=O)[O-])c4ccc(N(CCCS(=O)(=O)[O-])CCCS(=O)(=O)[O-])cc4C3(C)C)/CCC2)=[N+](CCCCCC([O-])=NCCN2C(=O)C=CC2=O)c2ccc3cc(S(=O)(=O)[O-])ccc3c21.[Na+].[Na+].[Na+].[Na+]. The molecule has 4 aliphatic rings. The molecule has 0 fully saturated rings. The maximum atomic E-state index is 12.6. The van der Waals surface area contributed by atoms with Gasteiger partial charge in [0, 0.05) is 107 Å². The van der Waals surface area contributed by atoms with Crippen molar-refractivity contribution in [3.63, 3.8) is 0 Å². The minimum absolute atomic E-state index is 0. The van der Waals surface area contributed by atoms with E-state index in [9.17, 15) is 66.6 Å². The predicted molar refractivity (Wildman–Crippen MR) is 300 cm³/mol. The molecule has 3 aromatic carbocycles. The monoisotopic (exact) mass is 1290 g/mol. The molecule has 0 saturated carbocycles. The van der Waals surface area contributed by atoms with Gasteiger partial charge in [-0.25, -0.2) is 33.7 Å². The number of imide groups is 1. The molecule has 0 radical (unpaired) electrons. The zero-order valence-electron chi connectivity index (χ0n) is 48.9. The summed E-state index contributed by atoms with van der Waals surface area (Å²) in [4.78, 5) is 32.1. The number of carbonyl (C=O) groups excluding carboxylic acids is 2. The summed E-state index contributed by atoms with van der Waals surface area (Å²) in [6.45, 7) is 8.93. The zero-order valence-corrected chi connectivity index (χ0v) is 60.9. The van der Waals surface area contributed by atoms with Gasteiger partial charge < -0.3 is 38.1 Å². The second kappa shape index (κ2) is 31.9. The Bertz CT molecular complexity index is 3610. The van der Waals surface area contributed by atoms with E-state index >= 15 is 0 Å². The second-order valence-electron chi connectivity index (χ2n) is 21.3. The van der Waals surface area contributed by atoms with Crippen LogP contribution in [0, 0.1) is 0 Å². The second-order valence-corrected chi connectivity index (χ2v) is 27.6. The summed E-state index contributed by atoms with van der Waals surface area (Å²) in [6, 6.07) is 13.5. The predicted octanol–water partition coefficient (Wildman–Crippen LogP) is -6.17. The number of benzene rings is 3. The molecule has 0 atom stereocenters. The van der Waals surface area contributed by atoms with Gasteiger partial charge in [0.25, 0.3) is 11.8 Å². The maximum Gasteiger partial charge on any atom is 1.00 e. The average Bonchev–Trinajstić information content (AvgIpc) is 3.78. The number of fused-ring (bicyclic) bond motifs is 4. The van der Waals surface area contributed by atoms with E-state index in [1.807, 2.05) is 55.2 Å². The summed E-state index contributed by atoms with van der Waals surface area (Å²) in [6.07, 6.45) is 14.2. The van der Waals surface area contributed by atoms with Gasteiger partial charge in [-0.3, -0.25) is 14.5 Å². The summed E-state index contributed by atoms with van der Waals surface area (Å²) in [7, 11) is -18.4. The number of anilines is 2. The van der Waals surface area contributed by atoms with Crippen LogP contribution >= 0.6 is 11.6 Å². The van der Waals surface area contributed by atoms with E-state index in [4.69, 9.17) is 11.6 Å². The molecule has 20 nitrogen and oxygen atoms in total. The maximum absolute atomic E-state index is 12.6. The van der Waals surface area contributed by atoms with Crippen LogP contribution in [0.4, 0.5) is 17.1 Å². The molecule has 2 amide bonds. The van der Waals surface area contributed by atoms with E-state index in [0.29, 0.717) is 60.4 Å². The van der Waals surface area contributed by atoms with Gasteiger partial charge in [-0.05, 0) is 147 Å². The largest absolute Gasteiger partial charge is 1.00 e. The summed E-state index contributed by atoms with van der Waals surface area (Å²) in [5, 5.41) is 14.5. The van der Waals surface area contributed by atoms with Crippen LogP contribution in [-0.4, -0.2) is 141 Å². The summed E-state index contributed by atoms with van der Waals surface area (Å²) in [5.74, 6) is -3.12. The Morgan fingerprint density at radius 3 is 1.93 bits per heavy atom. The van der Waals surface area contributed by atoms with Gasteiger partial charge in [0.15, 0.2) is 5.71 Å². The van der Waals surface area contributed by atoms with Gasteiger partial charge >= 0.3 is 118 Å². The Morgan fingerprint density at radius 2 is 1.32 bits per heavy atom. The molecular weight excluding hydrogens is 1230 g/mol. The van der Waals surface area contributed by atoms with Gasteiger partial charge in [0.1, 0.15) is 16.7 Å². The van der Waals surface area contributed by atoms with Crippen LogP contribution < -0.4 is 133 Å². The van der Waals surface area contributed by atoms with Crippen molar-refractivity contribution in [3.05, 3.63) is 118 Å². The first-order valence-electron chi connectivity index (χ1n) is 26.2. The number of carbonyl (C=O) groups is 2. The van der Waals surface area contributed by atoms with Crippen molar-refractivity contribution in [3.8, 4) is 0 Å². The zero-order chi connectivity index (χ0) is 58.6. The number of hydrogen-bond acceptors (Lipinski definition) is 18. The molecule has 84 heavy (non-hydrogen) atoms. The number of halogens is 1.